The van der Waals surface area contributed by atoms with Gasteiger partial charge in [0.05, 0.1) is 12.4 Å². The van der Waals surface area contributed by atoms with Crippen LogP contribution in [0.3, 0.4) is 0 Å². The molecule has 1 heterocycles. The Bertz CT molecular complexity index is 483. The van der Waals surface area contributed by atoms with Crippen LogP contribution < -0.4 is 5.32 Å². The molecule has 0 amide bonds. The SMILES string of the molecule is CCCNc1cc(SCC(=O)OCC)nc(C(F)(F)F)n1. The van der Waals surface area contributed by atoms with Gasteiger partial charge in [-0.15, -0.1) is 0 Å². The van der Waals surface area contributed by atoms with Gasteiger partial charge in [0.1, 0.15) is 10.8 Å². The second kappa shape index (κ2) is 8.06. The summed E-state index contributed by atoms with van der Waals surface area (Å²) in [7, 11) is 0. The van der Waals surface area contributed by atoms with Crippen LogP contribution in [-0.4, -0.2) is 34.8 Å². The molecule has 1 aromatic heterocycles. The van der Waals surface area contributed by atoms with Crippen molar-refractivity contribution in [3.8, 4) is 0 Å². The first-order valence-electron chi connectivity index (χ1n) is 6.35. The van der Waals surface area contributed by atoms with Gasteiger partial charge in [0.15, 0.2) is 0 Å². The maximum Gasteiger partial charge on any atom is 0.451 e. The number of rotatable bonds is 7. The van der Waals surface area contributed by atoms with Gasteiger partial charge in [0.25, 0.3) is 0 Å². The van der Waals surface area contributed by atoms with E-state index in [0.29, 0.717) is 6.54 Å². The highest BCUT2D eigenvalue weighted by Crippen LogP contribution is 2.29. The topological polar surface area (TPSA) is 64.1 Å². The number of hydrogen-bond acceptors (Lipinski definition) is 6. The van der Waals surface area contributed by atoms with Crippen LogP contribution in [0.4, 0.5) is 19.0 Å². The van der Waals surface area contributed by atoms with Crippen molar-refractivity contribution in [2.45, 2.75) is 31.5 Å². The molecule has 0 radical (unpaired) electrons. The Labute approximate surface area is 124 Å². The summed E-state index contributed by atoms with van der Waals surface area (Å²) in [5.41, 5.74) is 0. The molecule has 21 heavy (non-hydrogen) atoms. The number of thioether (sulfide) groups is 1. The number of anilines is 1. The minimum Gasteiger partial charge on any atom is -0.465 e. The molecular formula is C12H16F3N3O2S. The number of esters is 1. The molecular weight excluding hydrogens is 307 g/mol. The summed E-state index contributed by atoms with van der Waals surface area (Å²) in [5.74, 6) is -1.74. The molecule has 1 rings (SSSR count). The van der Waals surface area contributed by atoms with E-state index < -0.39 is 18.0 Å². The Hall–Kier alpha value is -1.51. The van der Waals surface area contributed by atoms with Gasteiger partial charge in [-0.25, -0.2) is 9.97 Å². The molecule has 5 nitrogen and oxygen atoms in total. The van der Waals surface area contributed by atoms with Gasteiger partial charge in [-0.05, 0) is 13.3 Å². The Kier molecular flexibility index (Phi) is 6.73. The second-order valence-electron chi connectivity index (χ2n) is 3.93. The fraction of sp³-hybridized carbons (Fsp3) is 0.583. The maximum absolute atomic E-state index is 12.7. The predicted octanol–water partition coefficient (Wildman–Crippen LogP) is 2.97. The smallest absolute Gasteiger partial charge is 0.451 e. The van der Waals surface area contributed by atoms with Crippen LogP contribution >= 0.6 is 11.8 Å². The standard InChI is InChI=1S/C12H16F3N3O2S/c1-3-5-16-8-6-9(21-7-10(19)20-4-2)18-11(17-8)12(13,14)15/h6H,3-5,7H2,1-2H3,(H,16,17,18). The second-order valence-corrected chi connectivity index (χ2v) is 4.93. The van der Waals surface area contributed by atoms with Gasteiger partial charge in [-0.3, -0.25) is 4.79 Å². The van der Waals surface area contributed by atoms with Crippen LogP contribution in [0.1, 0.15) is 26.1 Å². The van der Waals surface area contributed by atoms with Crippen LogP contribution in [0, 0.1) is 0 Å². The lowest BCUT2D eigenvalue weighted by Gasteiger charge is -2.11. The van der Waals surface area contributed by atoms with Crippen molar-refractivity contribution >= 4 is 23.5 Å². The lowest BCUT2D eigenvalue weighted by Crippen LogP contribution is -2.14. The summed E-state index contributed by atoms with van der Waals surface area (Å²) < 4.78 is 42.9. The predicted molar refractivity (Wildman–Crippen MR) is 73.2 cm³/mol. The van der Waals surface area contributed by atoms with E-state index in [-0.39, 0.29) is 23.2 Å². The Morgan fingerprint density at radius 2 is 2.10 bits per heavy atom. The van der Waals surface area contributed by atoms with Crippen molar-refractivity contribution in [3.63, 3.8) is 0 Å². The normalized spacial score (nSPS) is 11.3. The van der Waals surface area contributed by atoms with E-state index in [2.05, 4.69) is 15.3 Å². The zero-order chi connectivity index (χ0) is 15.9. The molecule has 0 spiro atoms. The fourth-order valence-corrected chi connectivity index (χ4v) is 2.00. The van der Waals surface area contributed by atoms with Crippen molar-refractivity contribution in [1.82, 2.24) is 9.97 Å². The first kappa shape index (κ1) is 17.5. The molecule has 0 atom stereocenters. The number of halogens is 3. The molecule has 0 fully saturated rings. The molecule has 0 aliphatic rings. The molecule has 0 saturated carbocycles. The number of carbonyl (C=O) groups excluding carboxylic acids is 1. The summed E-state index contributed by atoms with van der Waals surface area (Å²) in [4.78, 5) is 18.1. The van der Waals surface area contributed by atoms with E-state index >= 15 is 0 Å². The van der Waals surface area contributed by atoms with Crippen molar-refractivity contribution in [3.05, 3.63) is 11.9 Å². The summed E-state index contributed by atoms with van der Waals surface area (Å²) in [6.45, 7) is 4.26. The van der Waals surface area contributed by atoms with Gasteiger partial charge < -0.3 is 10.1 Å². The molecule has 0 bridgehead atoms. The van der Waals surface area contributed by atoms with E-state index in [1.54, 1.807) is 6.92 Å². The van der Waals surface area contributed by atoms with Crippen molar-refractivity contribution in [2.75, 3.05) is 24.2 Å². The monoisotopic (exact) mass is 323 g/mol. The summed E-state index contributed by atoms with van der Waals surface area (Å²) >= 11 is 0.881. The van der Waals surface area contributed by atoms with E-state index in [0.717, 1.165) is 18.2 Å². The zero-order valence-corrected chi connectivity index (χ0v) is 12.5. The van der Waals surface area contributed by atoms with Gasteiger partial charge in [-0.2, -0.15) is 13.2 Å². The largest absolute Gasteiger partial charge is 0.465 e. The molecule has 0 aliphatic heterocycles. The number of alkyl halides is 3. The van der Waals surface area contributed by atoms with Crippen LogP contribution in [-0.2, 0) is 15.7 Å². The molecule has 118 valence electrons. The maximum atomic E-state index is 12.7. The molecule has 0 aliphatic carbocycles. The molecule has 9 heteroatoms. The van der Waals surface area contributed by atoms with Crippen molar-refractivity contribution < 1.29 is 22.7 Å². The molecule has 1 aromatic rings. The average molecular weight is 323 g/mol. The third-order valence-corrected chi connectivity index (χ3v) is 3.04. The first-order chi connectivity index (χ1) is 9.86. The number of ether oxygens (including phenoxy) is 1. The Balaban J connectivity index is 2.88. The summed E-state index contributed by atoms with van der Waals surface area (Å²) in [6, 6.07) is 1.38. The van der Waals surface area contributed by atoms with Crippen LogP contribution in [0.5, 0.6) is 0 Å². The molecule has 0 aromatic carbocycles. The highest BCUT2D eigenvalue weighted by molar-refractivity contribution is 7.99. The average Bonchev–Trinajstić information content (AvgIpc) is 2.42. The molecule has 0 saturated heterocycles. The fourth-order valence-electron chi connectivity index (χ4n) is 1.30. The quantitative estimate of drug-likeness (QED) is 0.473. The summed E-state index contributed by atoms with van der Waals surface area (Å²) in [5, 5.41) is 2.85. The van der Waals surface area contributed by atoms with Crippen LogP contribution in [0.2, 0.25) is 0 Å². The minimum atomic E-state index is -4.64. The number of nitrogens with one attached hydrogen (secondary N) is 1. The summed E-state index contributed by atoms with van der Waals surface area (Å²) in [6.07, 6.45) is -3.89. The third-order valence-electron chi connectivity index (χ3n) is 2.16. The Morgan fingerprint density at radius 1 is 1.38 bits per heavy atom. The lowest BCUT2D eigenvalue weighted by atomic mass is 10.4. The van der Waals surface area contributed by atoms with Gasteiger partial charge in [0, 0.05) is 12.6 Å². The minimum absolute atomic E-state index is 0.0731. The van der Waals surface area contributed by atoms with E-state index in [1.807, 2.05) is 6.92 Å². The zero-order valence-electron chi connectivity index (χ0n) is 11.7. The van der Waals surface area contributed by atoms with Crippen molar-refractivity contribution in [1.29, 1.82) is 0 Å². The molecule has 0 unspecified atom stereocenters. The van der Waals surface area contributed by atoms with Crippen LogP contribution in [0.15, 0.2) is 11.1 Å². The number of hydrogen-bond donors (Lipinski definition) is 1. The first-order valence-corrected chi connectivity index (χ1v) is 7.34. The van der Waals surface area contributed by atoms with E-state index in [4.69, 9.17) is 4.74 Å². The van der Waals surface area contributed by atoms with Gasteiger partial charge >= 0.3 is 12.1 Å². The number of carbonyl (C=O) groups is 1. The highest BCUT2D eigenvalue weighted by atomic mass is 32.2. The van der Waals surface area contributed by atoms with Gasteiger partial charge in [-0.1, -0.05) is 18.7 Å². The third kappa shape index (κ3) is 6.19. The van der Waals surface area contributed by atoms with E-state index in [9.17, 15) is 18.0 Å². The number of nitrogens with zero attached hydrogens (tertiary/aromatic N) is 2. The van der Waals surface area contributed by atoms with Crippen molar-refractivity contribution in [2.24, 2.45) is 0 Å². The molecule has 1 N–H and O–H groups in total. The lowest BCUT2D eigenvalue weighted by molar-refractivity contribution is -0.145. The Morgan fingerprint density at radius 3 is 2.67 bits per heavy atom. The van der Waals surface area contributed by atoms with Crippen LogP contribution in [0.25, 0.3) is 0 Å². The number of aromatic nitrogens is 2. The highest BCUT2D eigenvalue weighted by Gasteiger charge is 2.35. The van der Waals surface area contributed by atoms with E-state index in [1.165, 1.54) is 6.07 Å². The van der Waals surface area contributed by atoms with Gasteiger partial charge in [0.2, 0.25) is 5.82 Å².